The van der Waals surface area contributed by atoms with Crippen LogP contribution in [0.1, 0.15) is 0 Å². The molecule has 0 unspecified atom stereocenters. The predicted molar refractivity (Wildman–Crippen MR) is 80.9 cm³/mol. The summed E-state index contributed by atoms with van der Waals surface area (Å²) in [7, 11) is -4.35. The van der Waals surface area contributed by atoms with Crippen molar-refractivity contribution in [3.8, 4) is 16.9 Å². The summed E-state index contributed by atoms with van der Waals surface area (Å²) in [4.78, 5) is -0.146. The first-order valence-corrected chi connectivity index (χ1v) is 7.69. The number of aromatic hydroxyl groups is 1. The zero-order valence-corrected chi connectivity index (χ0v) is 11.7. The van der Waals surface area contributed by atoms with Crippen LogP contribution in [0.4, 0.5) is 0 Å². The number of hydrogen-bond acceptors (Lipinski definition) is 3. The summed E-state index contributed by atoms with van der Waals surface area (Å²) < 4.78 is 32.8. The highest BCUT2D eigenvalue weighted by atomic mass is 32.2. The lowest BCUT2D eigenvalue weighted by atomic mass is 9.98. The van der Waals surface area contributed by atoms with E-state index >= 15 is 0 Å². The van der Waals surface area contributed by atoms with E-state index in [1.165, 1.54) is 18.2 Å². The predicted octanol–water partition coefficient (Wildman–Crippen LogP) is 3.46. The van der Waals surface area contributed by atoms with Gasteiger partial charge in [-0.05, 0) is 34.5 Å². The van der Waals surface area contributed by atoms with Crippen molar-refractivity contribution in [1.29, 1.82) is 0 Å². The molecule has 0 saturated heterocycles. The Bertz CT molecular complexity index is 913. The number of benzene rings is 3. The Balaban J connectivity index is 2.44. The van der Waals surface area contributed by atoms with E-state index in [4.69, 9.17) is 0 Å². The zero-order valence-electron chi connectivity index (χ0n) is 10.9. The second kappa shape index (κ2) is 4.87. The van der Waals surface area contributed by atoms with Gasteiger partial charge in [-0.15, -0.1) is 0 Å². The fourth-order valence-corrected chi connectivity index (χ4v) is 3.12. The van der Waals surface area contributed by atoms with Crippen LogP contribution in [0.5, 0.6) is 5.75 Å². The number of rotatable bonds is 2. The normalized spacial score (nSPS) is 11.7. The van der Waals surface area contributed by atoms with Crippen molar-refractivity contribution in [1.82, 2.24) is 0 Å². The minimum absolute atomic E-state index is 0.0902. The van der Waals surface area contributed by atoms with Crippen molar-refractivity contribution in [2.45, 2.75) is 4.90 Å². The largest absolute Gasteiger partial charge is 0.508 e. The molecule has 0 atom stereocenters. The smallest absolute Gasteiger partial charge is 0.295 e. The molecule has 0 aliphatic heterocycles. The van der Waals surface area contributed by atoms with E-state index in [1.807, 2.05) is 12.1 Å². The summed E-state index contributed by atoms with van der Waals surface area (Å²) in [6.45, 7) is 0. The molecule has 0 radical (unpaired) electrons. The van der Waals surface area contributed by atoms with Crippen LogP contribution < -0.4 is 0 Å². The van der Waals surface area contributed by atoms with Gasteiger partial charge >= 0.3 is 0 Å². The molecule has 0 bridgehead atoms. The van der Waals surface area contributed by atoms with Crippen molar-refractivity contribution in [3.63, 3.8) is 0 Å². The molecule has 4 nitrogen and oxygen atoms in total. The van der Waals surface area contributed by atoms with Crippen molar-refractivity contribution in [3.05, 3.63) is 60.7 Å². The van der Waals surface area contributed by atoms with Crippen LogP contribution in [0.3, 0.4) is 0 Å². The molecule has 0 amide bonds. The van der Waals surface area contributed by atoms with E-state index < -0.39 is 10.1 Å². The molecular formula is C16H12O4S. The van der Waals surface area contributed by atoms with Crippen LogP contribution in [0.25, 0.3) is 21.9 Å². The van der Waals surface area contributed by atoms with Gasteiger partial charge in [-0.1, -0.05) is 42.5 Å². The number of fused-ring (bicyclic) bond motifs is 1. The maximum Gasteiger partial charge on any atom is 0.295 e. The molecule has 0 aliphatic carbocycles. The summed E-state index contributed by atoms with van der Waals surface area (Å²) in [5.41, 5.74) is 1.04. The quantitative estimate of drug-likeness (QED) is 0.711. The van der Waals surface area contributed by atoms with E-state index in [1.54, 1.807) is 30.3 Å². The number of phenols is 1. The lowest BCUT2D eigenvalue weighted by molar-refractivity contribution is 0.475. The van der Waals surface area contributed by atoms with Gasteiger partial charge in [-0.25, -0.2) is 0 Å². The van der Waals surface area contributed by atoms with Crippen molar-refractivity contribution < 1.29 is 18.1 Å². The van der Waals surface area contributed by atoms with E-state index in [-0.39, 0.29) is 10.6 Å². The zero-order chi connectivity index (χ0) is 15.0. The van der Waals surface area contributed by atoms with Gasteiger partial charge in [0.2, 0.25) is 0 Å². The van der Waals surface area contributed by atoms with E-state index in [9.17, 15) is 18.1 Å². The Morgan fingerprint density at radius 3 is 2.14 bits per heavy atom. The van der Waals surface area contributed by atoms with Crippen LogP contribution in [-0.4, -0.2) is 18.1 Å². The van der Waals surface area contributed by atoms with Crippen molar-refractivity contribution >= 4 is 20.9 Å². The van der Waals surface area contributed by atoms with Gasteiger partial charge in [-0.3, -0.25) is 4.55 Å². The third-order valence-corrected chi connectivity index (χ3v) is 4.22. The molecule has 3 rings (SSSR count). The molecule has 2 N–H and O–H groups in total. The highest BCUT2D eigenvalue weighted by Gasteiger charge is 2.19. The van der Waals surface area contributed by atoms with Gasteiger partial charge in [0.25, 0.3) is 10.1 Å². The minimum Gasteiger partial charge on any atom is -0.508 e. The SMILES string of the molecule is O=S(=O)(O)c1ccc2ccccc2c1-c1ccc(O)cc1. The molecular weight excluding hydrogens is 288 g/mol. The van der Waals surface area contributed by atoms with Gasteiger partial charge in [0.1, 0.15) is 10.6 Å². The highest BCUT2D eigenvalue weighted by molar-refractivity contribution is 7.86. The summed E-state index contributed by atoms with van der Waals surface area (Å²) >= 11 is 0. The first-order valence-electron chi connectivity index (χ1n) is 6.25. The maximum absolute atomic E-state index is 11.6. The Morgan fingerprint density at radius 2 is 1.48 bits per heavy atom. The summed E-state index contributed by atoms with van der Waals surface area (Å²) in [6, 6.07) is 16.6. The topological polar surface area (TPSA) is 74.6 Å². The molecule has 0 spiro atoms. The van der Waals surface area contributed by atoms with Gasteiger partial charge in [0, 0.05) is 5.56 Å². The summed E-state index contributed by atoms with van der Waals surface area (Å²) in [6.07, 6.45) is 0. The van der Waals surface area contributed by atoms with E-state index in [2.05, 4.69) is 0 Å². The van der Waals surface area contributed by atoms with Crippen LogP contribution in [0, 0.1) is 0 Å². The minimum atomic E-state index is -4.35. The number of phenolic OH excluding ortho intramolecular Hbond substituents is 1. The van der Waals surface area contributed by atoms with Crippen LogP contribution in [0.2, 0.25) is 0 Å². The fourth-order valence-electron chi connectivity index (χ4n) is 2.39. The van der Waals surface area contributed by atoms with Crippen LogP contribution >= 0.6 is 0 Å². The third kappa shape index (κ3) is 2.49. The summed E-state index contributed by atoms with van der Waals surface area (Å²) in [5.74, 6) is 0.0902. The van der Waals surface area contributed by atoms with E-state index in [0.717, 1.165) is 10.8 Å². The fraction of sp³-hybridized carbons (Fsp3) is 0. The Hall–Kier alpha value is -2.37. The standard InChI is InChI=1S/C16H12O4S/c17-13-8-5-12(6-9-13)16-14-4-2-1-3-11(14)7-10-15(16)21(18,19)20/h1-10,17H,(H,18,19,20). The Morgan fingerprint density at radius 1 is 0.810 bits per heavy atom. The lowest BCUT2D eigenvalue weighted by Crippen LogP contribution is -2.01. The molecule has 0 fully saturated rings. The van der Waals surface area contributed by atoms with Gasteiger partial charge in [0.05, 0.1) is 0 Å². The average Bonchev–Trinajstić information content (AvgIpc) is 2.46. The first-order chi connectivity index (χ1) is 9.97. The lowest BCUT2D eigenvalue weighted by Gasteiger charge is -2.11. The first kappa shape index (κ1) is 13.6. The van der Waals surface area contributed by atoms with Gasteiger partial charge in [-0.2, -0.15) is 8.42 Å². The van der Waals surface area contributed by atoms with Gasteiger partial charge in [0.15, 0.2) is 0 Å². The second-order valence-electron chi connectivity index (χ2n) is 4.68. The molecule has 3 aromatic carbocycles. The van der Waals surface area contributed by atoms with Gasteiger partial charge < -0.3 is 5.11 Å². The second-order valence-corrected chi connectivity index (χ2v) is 6.07. The average molecular weight is 300 g/mol. The van der Waals surface area contributed by atoms with E-state index in [0.29, 0.717) is 11.1 Å². The maximum atomic E-state index is 11.6. The molecule has 5 heteroatoms. The Kier molecular flexibility index (Phi) is 3.16. The molecule has 0 aliphatic rings. The number of hydrogen-bond donors (Lipinski definition) is 2. The monoisotopic (exact) mass is 300 g/mol. The molecule has 106 valence electrons. The summed E-state index contributed by atoms with van der Waals surface area (Å²) in [5, 5.41) is 11.0. The molecule has 21 heavy (non-hydrogen) atoms. The third-order valence-electron chi connectivity index (χ3n) is 3.32. The van der Waals surface area contributed by atoms with Crippen LogP contribution in [0.15, 0.2) is 65.6 Å². The molecule has 0 aromatic heterocycles. The Labute approximate surface area is 122 Å². The molecule has 0 heterocycles. The highest BCUT2D eigenvalue weighted by Crippen LogP contribution is 2.35. The van der Waals surface area contributed by atoms with Crippen molar-refractivity contribution in [2.75, 3.05) is 0 Å². The van der Waals surface area contributed by atoms with Crippen molar-refractivity contribution in [2.24, 2.45) is 0 Å². The van der Waals surface area contributed by atoms with Crippen LogP contribution in [-0.2, 0) is 10.1 Å². The molecule has 0 saturated carbocycles. The molecule has 3 aromatic rings.